The molecule has 4 unspecified atom stereocenters. The number of carbonyl (C=O) groups excluding carboxylic acids is 1. The van der Waals surface area contributed by atoms with E-state index < -0.39 is 0 Å². The minimum absolute atomic E-state index is 0.0152. The molecule has 1 amide bonds. The van der Waals surface area contributed by atoms with Gasteiger partial charge in [-0.3, -0.25) is 14.5 Å². The van der Waals surface area contributed by atoms with E-state index >= 15 is 0 Å². The highest BCUT2D eigenvalue weighted by atomic mass is 16.5. The van der Waals surface area contributed by atoms with E-state index in [0.29, 0.717) is 29.9 Å². The molecule has 202 valence electrons. The van der Waals surface area contributed by atoms with Crippen LogP contribution >= 0.6 is 0 Å². The quantitative estimate of drug-likeness (QED) is 0.320. The van der Waals surface area contributed by atoms with Crippen LogP contribution < -0.4 is 31.7 Å². The number of carbonyl (C=O) groups is 1. The minimum Gasteiger partial charge on any atom is -0.382 e. The fourth-order valence-corrected chi connectivity index (χ4v) is 5.46. The second kappa shape index (κ2) is 10.2. The lowest BCUT2D eigenvalue weighted by molar-refractivity contribution is -0.117. The predicted molar refractivity (Wildman–Crippen MR) is 142 cm³/mol. The fraction of sp³-hybridized carbons (Fsp3) is 0.520. The number of hydrogen-bond donors (Lipinski definition) is 5. The number of fused-ring (bicyclic) bond motifs is 2. The van der Waals surface area contributed by atoms with Gasteiger partial charge in [0.25, 0.3) is 5.91 Å². The number of anilines is 3. The van der Waals surface area contributed by atoms with Gasteiger partial charge in [-0.05, 0) is 13.0 Å². The van der Waals surface area contributed by atoms with Crippen molar-refractivity contribution in [3.05, 3.63) is 47.7 Å². The van der Waals surface area contributed by atoms with Gasteiger partial charge in [-0.2, -0.15) is 10.1 Å². The van der Waals surface area contributed by atoms with Crippen molar-refractivity contribution in [3.8, 4) is 0 Å². The predicted octanol–water partition coefficient (Wildman–Crippen LogP) is -0.0498. The van der Waals surface area contributed by atoms with Gasteiger partial charge in [0, 0.05) is 76.4 Å². The second-order valence-electron chi connectivity index (χ2n) is 10.4. The van der Waals surface area contributed by atoms with Crippen molar-refractivity contribution >= 4 is 23.4 Å². The van der Waals surface area contributed by atoms with Gasteiger partial charge in [-0.15, -0.1) is 0 Å². The molecule has 13 heteroatoms. The number of ether oxygens (including phenoxy) is 1. The van der Waals surface area contributed by atoms with Crippen LogP contribution in [0, 0.1) is 11.8 Å². The highest BCUT2D eigenvalue weighted by Gasteiger charge is 2.36. The lowest BCUT2D eigenvalue weighted by atomic mass is 10.0. The second-order valence-corrected chi connectivity index (χ2v) is 10.4. The summed E-state index contributed by atoms with van der Waals surface area (Å²) < 4.78 is 7.27. The average molecular weight is 522 g/mol. The molecule has 38 heavy (non-hydrogen) atoms. The molecule has 0 aliphatic carbocycles. The molecule has 2 aromatic heterocycles. The van der Waals surface area contributed by atoms with Gasteiger partial charge in [0.1, 0.15) is 6.17 Å². The Bertz CT molecular complexity index is 1250. The Morgan fingerprint density at radius 2 is 2.03 bits per heavy atom. The van der Waals surface area contributed by atoms with Crippen molar-refractivity contribution in [2.24, 2.45) is 18.9 Å². The number of hydrogen-bond acceptors (Lipinski definition) is 11. The molecule has 4 aliphatic rings. The van der Waals surface area contributed by atoms with E-state index in [-0.39, 0.29) is 18.1 Å². The Kier molecular flexibility index (Phi) is 6.64. The Morgan fingerprint density at radius 1 is 1.21 bits per heavy atom. The van der Waals surface area contributed by atoms with E-state index in [9.17, 15) is 4.79 Å². The molecule has 5 N–H and O–H groups in total. The minimum atomic E-state index is -0.237. The first-order chi connectivity index (χ1) is 18.4. The summed E-state index contributed by atoms with van der Waals surface area (Å²) in [5.41, 5.74) is 6.61. The van der Waals surface area contributed by atoms with Crippen LogP contribution in [0.5, 0.6) is 0 Å². The zero-order valence-electron chi connectivity index (χ0n) is 21.9. The molecule has 4 atom stereocenters. The summed E-state index contributed by atoms with van der Waals surface area (Å²) in [4.78, 5) is 24.5. The Morgan fingerprint density at radius 3 is 2.79 bits per heavy atom. The molecule has 0 saturated carbocycles. The molecular formula is C25H35N11O2. The smallest absolute Gasteiger partial charge is 0.252 e. The van der Waals surface area contributed by atoms with E-state index in [0.717, 1.165) is 55.6 Å². The van der Waals surface area contributed by atoms with E-state index in [1.807, 2.05) is 31.4 Å². The van der Waals surface area contributed by atoms with Crippen molar-refractivity contribution in [2.45, 2.75) is 19.1 Å². The number of dihydropyridines is 1. The van der Waals surface area contributed by atoms with Gasteiger partial charge in [0.05, 0.1) is 42.3 Å². The number of nitrogens with zero attached hydrogens (tertiary/aromatic N) is 6. The van der Waals surface area contributed by atoms with E-state index in [1.54, 1.807) is 23.3 Å². The molecule has 0 radical (unpaired) electrons. The van der Waals surface area contributed by atoms with Crippen LogP contribution in [0.3, 0.4) is 0 Å². The summed E-state index contributed by atoms with van der Waals surface area (Å²) in [6.45, 7) is 7.40. The normalized spacial score (nSPS) is 26.3. The van der Waals surface area contributed by atoms with Gasteiger partial charge in [-0.25, -0.2) is 10.4 Å². The number of rotatable bonds is 8. The van der Waals surface area contributed by atoms with E-state index in [2.05, 4.69) is 53.6 Å². The third-order valence-corrected chi connectivity index (χ3v) is 7.58. The Hall–Kier alpha value is -3.68. The first-order valence-electron chi connectivity index (χ1n) is 13.1. The average Bonchev–Trinajstić information content (AvgIpc) is 3.66. The topological polar surface area (TPSA) is 137 Å². The summed E-state index contributed by atoms with van der Waals surface area (Å²) in [6, 6.07) is 0.0152. The van der Waals surface area contributed by atoms with Crippen LogP contribution in [0.2, 0.25) is 0 Å². The zero-order valence-corrected chi connectivity index (χ0v) is 21.9. The summed E-state index contributed by atoms with van der Waals surface area (Å²) >= 11 is 0. The van der Waals surface area contributed by atoms with Crippen LogP contribution in [0.25, 0.3) is 0 Å². The van der Waals surface area contributed by atoms with Gasteiger partial charge < -0.3 is 30.9 Å². The molecule has 4 aliphatic heterocycles. The number of amides is 1. The van der Waals surface area contributed by atoms with Crippen molar-refractivity contribution < 1.29 is 9.53 Å². The Balaban J connectivity index is 1.06. The molecule has 0 aromatic carbocycles. The summed E-state index contributed by atoms with van der Waals surface area (Å²) in [6.07, 6.45) is 8.84. The van der Waals surface area contributed by atoms with Gasteiger partial charge >= 0.3 is 0 Å². The highest BCUT2D eigenvalue weighted by Crippen LogP contribution is 2.31. The first kappa shape index (κ1) is 24.6. The lowest BCUT2D eigenvalue weighted by Gasteiger charge is -2.27. The van der Waals surface area contributed by atoms with E-state index in [1.165, 1.54) is 0 Å². The standard InChI is InChI=1S/C25H35N11O2/c1-15-21(6-16(7-27-15)24(37)26-4-5-36-10-17-13-38-14-18(17)11-36)31-22-20-9-28-25(32-23(20)35(3)33-22)30-19-8-29-34(2)12-19/h6-9,12,15,17-18,22,27,31,33H,4-5,10-11,13-14H2,1-3H3,(H,26,37)(H,28,30,32). The molecule has 0 bridgehead atoms. The number of aromatic nitrogens is 4. The summed E-state index contributed by atoms with van der Waals surface area (Å²) in [7, 11) is 3.77. The molecule has 2 fully saturated rings. The molecule has 6 heterocycles. The number of likely N-dealkylation sites (tertiary alicyclic amines) is 1. The molecule has 2 saturated heterocycles. The molecule has 6 rings (SSSR count). The van der Waals surface area contributed by atoms with Crippen LogP contribution in [0.1, 0.15) is 18.7 Å². The molecular weight excluding hydrogens is 486 g/mol. The molecule has 2 aromatic rings. The number of nitrogens with one attached hydrogen (secondary N) is 5. The van der Waals surface area contributed by atoms with Crippen molar-refractivity contribution in [2.75, 3.05) is 56.8 Å². The highest BCUT2D eigenvalue weighted by molar-refractivity contribution is 5.96. The fourth-order valence-electron chi connectivity index (χ4n) is 5.46. The lowest BCUT2D eigenvalue weighted by Crippen LogP contribution is -2.43. The van der Waals surface area contributed by atoms with E-state index in [4.69, 9.17) is 4.74 Å². The van der Waals surface area contributed by atoms with Gasteiger partial charge in [-0.1, -0.05) is 0 Å². The van der Waals surface area contributed by atoms with Crippen LogP contribution in [0.4, 0.5) is 17.5 Å². The van der Waals surface area contributed by atoms with Gasteiger partial charge in [0.2, 0.25) is 5.95 Å². The molecule has 13 nitrogen and oxygen atoms in total. The number of aryl methyl sites for hydroxylation is 1. The summed E-state index contributed by atoms with van der Waals surface area (Å²) in [5.74, 6) is 2.48. The maximum absolute atomic E-state index is 12.9. The largest absolute Gasteiger partial charge is 0.382 e. The van der Waals surface area contributed by atoms with Crippen LogP contribution in [-0.2, 0) is 16.6 Å². The monoisotopic (exact) mass is 521 g/mol. The Labute approximate surface area is 221 Å². The van der Waals surface area contributed by atoms with Crippen molar-refractivity contribution in [1.29, 1.82) is 0 Å². The third-order valence-electron chi connectivity index (χ3n) is 7.58. The zero-order chi connectivity index (χ0) is 26.2. The molecule has 0 spiro atoms. The van der Waals surface area contributed by atoms with Gasteiger partial charge in [0.15, 0.2) is 5.82 Å². The maximum Gasteiger partial charge on any atom is 0.252 e. The number of hydrazine groups is 1. The maximum atomic E-state index is 12.9. The van der Waals surface area contributed by atoms with Crippen LogP contribution in [-0.4, -0.2) is 83.0 Å². The van der Waals surface area contributed by atoms with Crippen LogP contribution in [0.15, 0.2) is 42.1 Å². The van der Waals surface area contributed by atoms with Crippen molar-refractivity contribution in [1.82, 2.24) is 46.0 Å². The third kappa shape index (κ3) is 5.04. The summed E-state index contributed by atoms with van der Waals surface area (Å²) in [5, 5.41) is 19.1. The first-order valence-corrected chi connectivity index (χ1v) is 13.1. The van der Waals surface area contributed by atoms with Crippen molar-refractivity contribution in [3.63, 3.8) is 0 Å². The SMILES string of the molecule is CC1NC=C(C(=O)NCCN2CC3COCC3C2)C=C1NC1NN(C)c2nc(Nc3cnn(C)c3)ncc21.